The minimum Gasteiger partial charge on any atom is -0.325 e. The van der Waals surface area contributed by atoms with E-state index in [0.717, 1.165) is 25.0 Å². The van der Waals surface area contributed by atoms with Crippen LogP contribution in [0.4, 0.5) is 0 Å². The molecule has 1 aliphatic carbocycles. The molecule has 1 aliphatic heterocycles. The van der Waals surface area contributed by atoms with E-state index in [1.807, 2.05) is 0 Å². The van der Waals surface area contributed by atoms with Gasteiger partial charge in [0, 0.05) is 25.2 Å². The average molecular weight is 224 g/mol. The summed E-state index contributed by atoms with van der Waals surface area (Å²) < 4.78 is 0. The van der Waals surface area contributed by atoms with Crippen LogP contribution in [0.1, 0.15) is 52.9 Å². The fraction of sp³-hybridized carbons (Fsp3) is 1.00. The highest BCUT2D eigenvalue weighted by Gasteiger charge is 2.36. The van der Waals surface area contributed by atoms with E-state index >= 15 is 0 Å². The van der Waals surface area contributed by atoms with Crippen molar-refractivity contribution >= 4 is 0 Å². The van der Waals surface area contributed by atoms with Gasteiger partial charge < -0.3 is 5.73 Å². The van der Waals surface area contributed by atoms with E-state index in [-0.39, 0.29) is 0 Å². The van der Waals surface area contributed by atoms with Crippen molar-refractivity contribution in [2.75, 3.05) is 13.1 Å². The molecule has 16 heavy (non-hydrogen) atoms. The van der Waals surface area contributed by atoms with Crippen LogP contribution in [0.5, 0.6) is 0 Å². The molecule has 2 fully saturated rings. The summed E-state index contributed by atoms with van der Waals surface area (Å²) in [5.41, 5.74) is 6.40. The molecule has 2 N–H and O–H groups in total. The molecule has 1 saturated heterocycles. The molecule has 0 atom stereocenters. The monoisotopic (exact) mass is 224 g/mol. The van der Waals surface area contributed by atoms with Crippen molar-refractivity contribution in [1.29, 1.82) is 0 Å². The Morgan fingerprint density at radius 2 is 1.69 bits per heavy atom. The minimum absolute atomic E-state index is 0.463. The van der Waals surface area contributed by atoms with Crippen LogP contribution < -0.4 is 5.73 Å². The number of hydrogen-bond donors (Lipinski definition) is 1. The molecule has 0 amide bonds. The van der Waals surface area contributed by atoms with Crippen molar-refractivity contribution in [3.05, 3.63) is 0 Å². The summed E-state index contributed by atoms with van der Waals surface area (Å²) in [4.78, 5) is 2.60. The van der Waals surface area contributed by atoms with E-state index in [2.05, 4.69) is 25.7 Å². The van der Waals surface area contributed by atoms with Crippen LogP contribution >= 0.6 is 0 Å². The van der Waals surface area contributed by atoms with Gasteiger partial charge in [0.05, 0.1) is 0 Å². The lowest BCUT2D eigenvalue weighted by atomic mass is 9.68. The highest BCUT2D eigenvalue weighted by molar-refractivity contribution is 4.92. The van der Waals surface area contributed by atoms with Crippen LogP contribution in [-0.4, -0.2) is 30.1 Å². The van der Waals surface area contributed by atoms with Gasteiger partial charge in [-0.25, -0.2) is 0 Å². The third-order valence-corrected chi connectivity index (χ3v) is 5.17. The Morgan fingerprint density at radius 1 is 1.12 bits per heavy atom. The van der Waals surface area contributed by atoms with Crippen molar-refractivity contribution in [3.63, 3.8) is 0 Å². The molecular weight excluding hydrogens is 196 g/mol. The SMILES string of the molecule is CCC(C)(C)C1CCC(N2CC(N)C2)CC1. The van der Waals surface area contributed by atoms with E-state index in [4.69, 9.17) is 5.73 Å². The van der Waals surface area contributed by atoms with Crippen LogP contribution in [0.15, 0.2) is 0 Å². The van der Waals surface area contributed by atoms with Crippen molar-refractivity contribution in [2.24, 2.45) is 17.1 Å². The first-order valence-electron chi connectivity index (χ1n) is 7.02. The lowest BCUT2D eigenvalue weighted by Crippen LogP contribution is -2.60. The maximum atomic E-state index is 5.85. The predicted molar refractivity (Wildman–Crippen MR) is 69.4 cm³/mol. The fourth-order valence-electron chi connectivity index (χ4n) is 3.36. The summed E-state index contributed by atoms with van der Waals surface area (Å²) >= 11 is 0. The standard InChI is InChI=1S/C14H28N2/c1-4-14(2,3)11-5-7-13(8-6-11)16-9-12(15)10-16/h11-13H,4-10,15H2,1-3H3. The Balaban J connectivity index is 1.78. The summed E-state index contributed by atoms with van der Waals surface area (Å²) in [6.45, 7) is 9.51. The zero-order chi connectivity index (χ0) is 11.8. The van der Waals surface area contributed by atoms with Crippen LogP contribution in [0, 0.1) is 11.3 Å². The summed E-state index contributed by atoms with van der Waals surface area (Å²) in [5.74, 6) is 0.948. The smallest absolute Gasteiger partial charge is 0.0297 e. The molecule has 2 nitrogen and oxygen atoms in total. The fourth-order valence-corrected chi connectivity index (χ4v) is 3.36. The second-order valence-electron chi connectivity index (χ2n) is 6.56. The summed E-state index contributed by atoms with van der Waals surface area (Å²) in [6.07, 6.45) is 6.98. The molecule has 0 aromatic rings. The van der Waals surface area contributed by atoms with Crippen LogP contribution in [0.3, 0.4) is 0 Å². The van der Waals surface area contributed by atoms with Gasteiger partial charge >= 0.3 is 0 Å². The quantitative estimate of drug-likeness (QED) is 0.798. The molecular formula is C14H28N2. The van der Waals surface area contributed by atoms with Crippen LogP contribution in [-0.2, 0) is 0 Å². The van der Waals surface area contributed by atoms with Crippen molar-refractivity contribution in [3.8, 4) is 0 Å². The Labute approximate surface area is 101 Å². The number of nitrogens with zero attached hydrogens (tertiary/aromatic N) is 1. The zero-order valence-electron chi connectivity index (χ0n) is 11.2. The Hall–Kier alpha value is -0.0800. The van der Waals surface area contributed by atoms with Gasteiger partial charge in [-0.1, -0.05) is 27.2 Å². The van der Waals surface area contributed by atoms with Crippen molar-refractivity contribution in [2.45, 2.75) is 65.0 Å². The van der Waals surface area contributed by atoms with Crippen LogP contribution in [0.2, 0.25) is 0 Å². The third kappa shape index (κ3) is 2.43. The highest BCUT2D eigenvalue weighted by Crippen LogP contribution is 2.41. The molecule has 2 aliphatic rings. The molecule has 0 unspecified atom stereocenters. The third-order valence-electron chi connectivity index (χ3n) is 5.17. The first-order valence-corrected chi connectivity index (χ1v) is 7.02. The van der Waals surface area contributed by atoms with Gasteiger partial charge in [-0.05, 0) is 37.0 Å². The maximum absolute atomic E-state index is 5.85. The molecule has 0 aromatic carbocycles. The Bertz CT molecular complexity index is 223. The van der Waals surface area contributed by atoms with E-state index in [1.54, 1.807) is 0 Å². The predicted octanol–water partition coefficient (Wildman–Crippen LogP) is 2.62. The number of likely N-dealkylation sites (tertiary alicyclic amines) is 1. The number of rotatable bonds is 3. The van der Waals surface area contributed by atoms with Gasteiger partial charge in [-0.3, -0.25) is 4.90 Å². The largest absolute Gasteiger partial charge is 0.325 e. The second kappa shape index (κ2) is 4.66. The molecule has 94 valence electrons. The first-order chi connectivity index (χ1) is 7.53. The van der Waals surface area contributed by atoms with Gasteiger partial charge in [0.15, 0.2) is 0 Å². The molecule has 0 aromatic heterocycles. The molecule has 0 bridgehead atoms. The normalized spacial score (nSPS) is 33.8. The van der Waals surface area contributed by atoms with Gasteiger partial charge in [-0.15, -0.1) is 0 Å². The maximum Gasteiger partial charge on any atom is 0.0297 e. The topological polar surface area (TPSA) is 29.3 Å². The number of hydrogen-bond acceptors (Lipinski definition) is 2. The van der Waals surface area contributed by atoms with E-state index < -0.39 is 0 Å². The minimum atomic E-state index is 0.463. The summed E-state index contributed by atoms with van der Waals surface area (Å²) in [6, 6.07) is 1.31. The molecule has 1 heterocycles. The lowest BCUT2D eigenvalue weighted by Gasteiger charge is -2.47. The number of nitrogens with two attached hydrogens (primary N) is 1. The molecule has 1 saturated carbocycles. The summed E-state index contributed by atoms with van der Waals surface area (Å²) in [5, 5.41) is 0. The Kier molecular flexibility index (Phi) is 3.60. The summed E-state index contributed by atoms with van der Waals surface area (Å²) in [7, 11) is 0. The highest BCUT2D eigenvalue weighted by atomic mass is 15.2. The molecule has 0 spiro atoms. The van der Waals surface area contributed by atoms with Crippen molar-refractivity contribution < 1.29 is 0 Å². The van der Waals surface area contributed by atoms with E-state index in [9.17, 15) is 0 Å². The average Bonchev–Trinajstić information content (AvgIpc) is 2.25. The molecule has 0 radical (unpaired) electrons. The Morgan fingerprint density at radius 3 is 2.12 bits per heavy atom. The van der Waals surface area contributed by atoms with E-state index in [0.29, 0.717) is 11.5 Å². The molecule has 2 heteroatoms. The first kappa shape index (κ1) is 12.4. The second-order valence-corrected chi connectivity index (χ2v) is 6.56. The van der Waals surface area contributed by atoms with Gasteiger partial charge in [0.25, 0.3) is 0 Å². The van der Waals surface area contributed by atoms with E-state index in [1.165, 1.54) is 32.1 Å². The molecule has 2 rings (SSSR count). The van der Waals surface area contributed by atoms with Crippen molar-refractivity contribution in [1.82, 2.24) is 4.90 Å². The van der Waals surface area contributed by atoms with Gasteiger partial charge in [0.1, 0.15) is 0 Å². The zero-order valence-corrected chi connectivity index (χ0v) is 11.2. The lowest BCUT2D eigenvalue weighted by molar-refractivity contribution is 0.0393. The van der Waals surface area contributed by atoms with Gasteiger partial charge in [0.2, 0.25) is 0 Å². The van der Waals surface area contributed by atoms with Gasteiger partial charge in [-0.2, -0.15) is 0 Å². The van der Waals surface area contributed by atoms with Crippen LogP contribution in [0.25, 0.3) is 0 Å².